The van der Waals surface area contributed by atoms with Crippen LogP contribution in [0.3, 0.4) is 0 Å². The van der Waals surface area contributed by atoms with Gasteiger partial charge in [-0.15, -0.1) is 4.72 Å². The maximum atomic E-state index is 12.9. The first-order valence-electron chi connectivity index (χ1n) is 10.4. The fraction of sp³-hybridized carbons (Fsp3) is 0.545. The van der Waals surface area contributed by atoms with Crippen LogP contribution < -0.4 is 9.62 Å². The minimum atomic E-state index is -1.15. The summed E-state index contributed by atoms with van der Waals surface area (Å²) in [6.07, 6.45) is 4.44. The summed E-state index contributed by atoms with van der Waals surface area (Å²) in [6, 6.07) is 8.02. The van der Waals surface area contributed by atoms with Crippen LogP contribution >= 0.6 is 0 Å². The molecular formula is C22H28N6OS. The SMILES string of the molecule is Cc1cc(C#N)nc(N2CCC3(CC2)c2ncccc2C[C@H]3N[S@+]([O-])C(C)(C)C)n1. The second kappa shape index (κ2) is 7.80. The molecule has 1 spiro atoms. The van der Waals surface area contributed by atoms with E-state index in [2.05, 4.69) is 31.7 Å². The molecule has 1 fully saturated rings. The summed E-state index contributed by atoms with van der Waals surface area (Å²) in [5.41, 5.74) is 3.41. The summed E-state index contributed by atoms with van der Waals surface area (Å²) in [6.45, 7) is 9.40. The molecule has 1 saturated heterocycles. The Morgan fingerprint density at radius 1 is 1.30 bits per heavy atom. The van der Waals surface area contributed by atoms with Crippen LogP contribution in [-0.4, -0.2) is 43.4 Å². The highest BCUT2D eigenvalue weighted by Crippen LogP contribution is 2.46. The van der Waals surface area contributed by atoms with Crippen molar-refractivity contribution in [2.45, 2.75) is 63.2 Å². The summed E-state index contributed by atoms with van der Waals surface area (Å²) in [5, 5.41) is 9.24. The Morgan fingerprint density at radius 2 is 2.03 bits per heavy atom. The number of aromatic nitrogens is 3. The molecule has 7 nitrogen and oxygen atoms in total. The second-order valence-electron chi connectivity index (χ2n) is 9.22. The zero-order chi connectivity index (χ0) is 21.5. The quantitative estimate of drug-likeness (QED) is 0.756. The molecule has 3 heterocycles. The Balaban J connectivity index is 1.60. The molecule has 0 saturated carbocycles. The summed E-state index contributed by atoms with van der Waals surface area (Å²) in [7, 11) is 0. The third-order valence-electron chi connectivity index (χ3n) is 6.15. The van der Waals surface area contributed by atoms with E-state index in [0.717, 1.165) is 43.7 Å². The molecule has 0 bridgehead atoms. The molecule has 0 amide bonds. The number of rotatable bonds is 3. The van der Waals surface area contributed by atoms with E-state index >= 15 is 0 Å². The second-order valence-corrected chi connectivity index (χ2v) is 11.2. The van der Waals surface area contributed by atoms with Crippen molar-refractivity contribution in [3.63, 3.8) is 0 Å². The van der Waals surface area contributed by atoms with Crippen molar-refractivity contribution in [1.82, 2.24) is 19.7 Å². The maximum absolute atomic E-state index is 12.9. The maximum Gasteiger partial charge on any atom is 0.226 e. The van der Waals surface area contributed by atoms with Gasteiger partial charge in [-0.1, -0.05) is 6.07 Å². The molecule has 1 aliphatic heterocycles. The van der Waals surface area contributed by atoms with E-state index in [9.17, 15) is 9.81 Å². The van der Waals surface area contributed by atoms with Crippen LogP contribution in [0.5, 0.6) is 0 Å². The van der Waals surface area contributed by atoms with Crippen LogP contribution in [-0.2, 0) is 23.2 Å². The number of nitrogens with one attached hydrogen (secondary N) is 1. The van der Waals surface area contributed by atoms with Crippen molar-refractivity contribution in [3.8, 4) is 6.07 Å². The Labute approximate surface area is 181 Å². The first-order valence-corrected chi connectivity index (χ1v) is 11.5. The van der Waals surface area contributed by atoms with Crippen molar-refractivity contribution in [3.05, 3.63) is 47.0 Å². The van der Waals surface area contributed by atoms with E-state index in [1.807, 2.05) is 40.0 Å². The molecule has 2 aromatic rings. The molecule has 30 heavy (non-hydrogen) atoms. The number of fused-ring (bicyclic) bond motifs is 2. The van der Waals surface area contributed by atoms with Gasteiger partial charge >= 0.3 is 0 Å². The third kappa shape index (κ3) is 3.78. The number of piperidine rings is 1. The largest absolute Gasteiger partial charge is 0.598 e. The van der Waals surface area contributed by atoms with Crippen LogP contribution in [0.25, 0.3) is 0 Å². The van der Waals surface area contributed by atoms with Crippen LogP contribution in [0.2, 0.25) is 0 Å². The number of hydrogen-bond acceptors (Lipinski definition) is 7. The standard InChI is InChI=1S/C22H28N6OS/c1-15-12-17(14-23)26-20(25-15)28-10-7-22(8-11-28)18(27-30(29)21(2,3)4)13-16-6-5-9-24-19(16)22/h5-6,9,12,18,27H,7-8,10-11,13H2,1-4H3/t18-,30-/m1/s1. The van der Waals surface area contributed by atoms with Gasteiger partial charge in [0.1, 0.15) is 16.5 Å². The number of nitriles is 1. The van der Waals surface area contributed by atoms with Crippen LogP contribution in [0.4, 0.5) is 5.95 Å². The lowest BCUT2D eigenvalue weighted by Crippen LogP contribution is -2.56. The third-order valence-corrected chi connectivity index (χ3v) is 7.77. The van der Waals surface area contributed by atoms with Crippen molar-refractivity contribution in [1.29, 1.82) is 5.26 Å². The predicted molar refractivity (Wildman–Crippen MR) is 117 cm³/mol. The number of anilines is 1. The normalized spacial score (nSPS) is 21.3. The number of aryl methyl sites for hydroxylation is 1. The van der Waals surface area contributed by atoms with Gasteiger partial charge in [-0.2, -0.15) is 5.26 Å². The predicted octanol–water partition coefficient (Wildman–Crippen LogP) is 2.57. The number of hydrogen-bond donors (Lipinski definition) is 1. The molecule has 4 rings (SSSR count). The Hall–Kier alpha value is -2.21. The molecule has 0 aromatic carbocycles. The molecule has 0 radical (unpaired) electrons. The van der Waals surface area contributed by atoms with E-state index < -0.39 is 11.4 Å². The summed E-state index contributed by atoms with van der Waals surface area (Å²) >= 11 is -1.15. The van der Waals surface area contributed by atoms with Crippen LogP contribution in [0.15, 0.2) is 24.4 Å². The van der Waals surface area contributed by atoms with Gasteiger partial charge in [-0.25, -0.2) is 9.97 Å². The monoisotopic (exact) mass is 424 g/mol. The van der Waals surface area contributed by atoms with E-state index in [4.69, 9.17) is 4.98 Å². The first kappa shape index (κ1) is 21.0. The van der Waals surface area contributed by atoms with Gasteiger partial charge in [-0.05, 0) is 64.7 Å². The van der Waals surface area contributed by atoms with E-state index in [0.29, 0.717) is 11.6 Å². The molecule has 2 aliphatic rings. The fourth-order valence-electron chi connectivity index (χ4n) is 4.53. The zero-order valence-corrected chi connectivity index (χ0v) is 18.8. The average Bonchev–Trinajstić information content (AvgIpc) is 3.00. The van der Waals surface area contributed by atoms with Crippen molar-refractivity contribution >= 4 is 17.3 Å². The molecule has 0 unspecified atom stereocenters. The van der Waals surface area contributed by atoms with Crippen molar-refractivity contribution in [2.24, 2.45) is 0 Å². The van der Waals surface area contributed by atoms with Gasteiger partial charge in [0.25, 0.3) is 0 Å². The number of nitrogens with zero attached hydrogens (tertiary/aromatic N) is 5. The summed E-state index contributed by atoms with van der Waals surface area (Å²) < 4.78 is 16.0. The minimum Gasteiger partial charge on any atom is -0.598 e. The van der Waals surface area contributed by atoms with Gasteiger partial charge in [0.15, 0.2) is 0 Å². The summed E-state index contributed by atoms with van der Waals surface area (Å²) in [4.78, 5) is 15.9. The average molecular weight is 425 g/mol. The molecule has 2 aromatic heterocycles. The van der Waals surface area contributed by atoms with Crippen molar-refractivity contribution in [2.75, 3.05) is 18.0 Å². The Bertz CT molecular complexity index is 974. The van der Waals surface area contributed by atoms with Gasteiger partial charge in [0.2, 0.25) is 5.95 Å². The molecule has 1 N–H and O–H groups in total. The van der Waals surface area contributed by atoms with Crippen LogP contribution in [0, 0.1) is 18.3 Å². The molecule has 1 aliphatic carbocycles. The molecular weight excluding hydrogens is 396 g/mol. The Morgan fingerprint density at radius 3 is 2.70 bits per heavy atom. The van der Waals surface area contributed by atoms with Gasteiger partial charge in [0.05, 0.1) is 11.7 Å². The minimum absolute atomic E-state index is 0.0812. The smallest absolute Gasteiger partial charge is 0.226 e. The Kier molecular flexibility index (Phi) is 5.47. The first-order chi connectivity index (χ1) is 14.2. The van der Waals surface area contributed by atoms with Gasteiger partial charge in [-0.3, -0.25) is 4.98 Å². The van der Waals surface area contributed by atoms with E-state index in [1.54, 1.807) is 6.07 Å². The van der Waals surface area contributed by atoms with Crippen molar-refractivity contribution < 1.29 is 4.55 Å². The molecule has 8 heteroatoms. The fourth-order valence-corrected chi connectivity index (χ4v) is 5.46. The highest BCUT2D eigenvalue weighted by atomic mass is 32.2. The lowest BCUT2D eigenvalue weighted by Gasteiger charge is -2.43. The molecule has 2 atom stereocenters. The number of pyridine rings is 1. The van der Waals surface area contributed by atoms with E-state index in [-0.39, 0.29) is 16.2 Å². The zero-order valence-electron chi connectivity index (χ0n) is 18.0. The molecule has 158 valence electrons. The van der Waals surface area contributed by atoms with Gasteiger partial charge in [0, 0.05) is 41.8 Å². The lowest BCUT2D eigenvalue weighted by molar-refractivity contribution is 0.270. The van der Waals surface area contributed by atoms with Crippen LogP contribution in [0.1, 0.15) is 56.3 Å². The lowest BCUT2D eigenvalue weighted by atomic mass is 9.73. The highest BCUT2D eigenvalue weighted by Gasteiger charge is 2.52. The topological polar surface area (TPSA) is 101 Å². The van der Waals surface area contributed by atoms with E-state index in [1.165, 1.54) is 5.56 Å². The van der Waals surface area contributed by atoms with Gasteiger partial charge < -0.3 is 9.45 Å². The highest BCUT2D eigenvalue weighted by molar-refractivity contribution is 7.90. The summed E-state index contributed by atoms with van der Waals surface area (Å²) in [5.74, 6) is 0.614.